The third-order valence-electron chi connectivity index (χ3n) is 4.69. The van der Waals surface area contributed by atoms with Gasteiger partial charge in [-0.2, -0.15) is 5.10 Å². The molecule has 0 bridgehead atoms. The molecule has 2 amide bonds. The molecule has 3 rings (SSSR count). The van der Waals surface area contributed by atoms with E-state index in [4.69, 9.17) is 5.73 Å². The lowest BCUT2D eigenvalue weighted by Gasteiger charge is -2.31. The Bertz CT molecular complexity index is 576. The lowest BCUT2D eigenvalue weighted by molar-refractivity contribution is -0.138. The van der Waals surface area contributed by atoms with Crippen molar-refractivity contribution in [2.75, 3.05) is 19.6 Å². The van der Waals surface area contributed by atoms with Crippen molar-refractivity contribution in [1.82, 2.24) is 20.0 Å². The van der Waals surface area contributed by atoms with Crippen LogP contribution in [0.5, 0.6) is 0 Å². The van der Waals surface area contributed by atoms with Crippen molar-refractivity contribution in [2.45, 2.75) is 38.8 Å². The number of aromatic nitrogens is 2. The molecular formula is C15H24ClN5O2. The van der Waals surface area contributed by atoms with Gasteiger partial charge in [-0.05, 0) is 12.8 Å². The van der Waals surface area contributed by atoms with Crippen LogP contribution < -0.4 is 5.73 Å². The quantitative estimate of drug-likeness (QED) is 0.768. The Morgan fingerprint density at radius 3 is 2.83 bits per heavy atom. The van der Waals surface area contributed by atoms with Gasteiger partial charge in [0.15, 0.2) is 0 Å². The standard InChI is InChI=1S/C15H23N5O2.ClH/c1-10(21)20-7-11(2-3-13(16)9-20)15(22)19-5-4-14-12(8-19)6-17-18-14;/h6,11,13H,2-5,7-9,16H2,1H3,(H,17,18);1H/t11-,13+;/m1./s1. The van der Waals surface area contributed by atoms with Crippen LogP contribution in [0, 0.1) is 5.92 Å². The first-order chi connectivity index (χ1) is 10.5. The molecule has 2 atom stereocenters. The number of aromatic amines is 1. The van der Waals surface area contributed by atoms with Gasteiger partial charge in [0.05, 0.1) is 12.1 Å². The third kappa shape index (κ3) is 3.84. The number of carbonyl (C=O) groups excluding carboxylic acids is 2. The molecule has 0 radical (unpaired) electrons. The van der Waals surface area contributed by atoms with Gasteiger partial charge in [0, 0.05) is 56.8 Å². The van der Waals surface area contributed by atoms with E-state index in [1.54, 1.807) is 11.1 Å². The number of hydrogen-bond acceptors (Lipinski definition) is 4. The Labute approximate surface area is 142 Å². The summed E-state index contributed by atoms with van der Waals surface area (Å²) in [5, 5.41) is 7.01. The summed E-state index contributed by atoms with van der Waals surface area (Å²) in [7, 11) is 0. The Morgan fingerprint density at radius 2 is 2.09 bits per heavy atom. The number of nitrogens with zero attached hydrogens (tertiary/aromatic N) is 3. The van der Waals surface area contributed by atoms with Gasteiger partial charge in [0.25, 0.3) is 0 Å². The minimum Gasteiger partial charge on any atom is -0.341 e. The highest BCUT2D eigenvalue weighted by molar-refractivity contribution is 5.85. The molecule has 0 spiro atoms. The molecule has 7 nitrogen and oxygen atoms in total. The summed E-state index contributed by atoms with van der Waals surface area (Å²) in [6.07, 6.45) is 4.13. The number of halogens is 1. The molecule has 1 fully saturated rings. The predicted molar refractivity (Wildman–Crippen MR) is 87.9 cm³/mol. The maximum atomic E-state index is 12.8. The first-order valence-corrected chi connectivity index (χ1v) is 7.85. The molecule has 23 heavy (non-hydrogen) atoms. The van der Waals surface area contributed by atoms with E-state index in [1.165, 1.54) is 6.92 Å². The zero-order valence-electron chi connectivity index (χ0n) is 13.3. The molecule has 0 saturated carbocycles. The van der Waals surface area contributed by atoms with Gasteiger partial charge >= 0.3 is 0 Å². The number of nitrogens with two attached hydrogens (primary N) is 1. The van der Waals surface area contributed by atoms with E-state index in [2.05, 4.69) is 10.2 Å². The average Bonchev–Trinajstić information content (AvgIpc) is 2.87. The number of fused-ring (bicyclic) bond motifs is 1. The molecule has 3 N–H and O–H groups in total. The Kier molecular flexibility index (Phi) is 5.64. The summed E-state index contributed by atoms with van der Waals surface area (Å²) in [6, 6.07) is -0.0384. The van der Waals surface area contributed by atoms with Crippen molar-refractivity contribution in [1.29, 1.82) is 0 Å². The van der Waals surface area contributed by atoms with Gasteiger partial charge in [-0.1, -0.05) is 0 Å². The molecule has 0 aliphatic carbocycles. The zero-order valence-corrected chi connectivity index (χ0v) is 14.1. The van der Waals surface area contributed by atoms with Crippen LogP contribution in [0.3, 0.4) is 0 Å². The van der Waals surface area contributed by atoms with E-state index in [9.17, 15) is 9.59 Å². The van der Waals surface area contributed by atoms with Crippen molar-refractivity contribution < 1.29 is 9.59 Å². The smallest absolute Gasteiger partial charge is 0.227 e. The number of amides is 2. The number of H-pyrrole nitrogens is 1. The van der Waals surface area contributed by atoms with Crippen molar-refractivity contribution in [3.05, 3.63) is 17.5 Å². The Balaban J connectivity index is 0.00000192. The fourth-order valence-corrected chi connectivity index (χ4v) is 3.35. The Morgan fingerprint density at radius 1 is 1.30 bits per heavy atom. The summed E-state index contributed by atoms with van der Waals surface area (Å²) in [6.45, 7) is 3.88. The normalized spacial score (nSPS) is 24.4. The highest BCUT2D eigenvalue weighted by atomic mass is 35.5. The summed E-state index contributed by atoms with van der Waals surface area (Å²) >= 11 is 0. The van der Waals surface area contributed by atoms with Crippen LogP contribution in [0.15, 0.2) is 6.20 Å². The van der Waals surface area contributed by atoms with E-state index in [-0.39, 0.29) is 36.2 Å². The minimum absolute atomic E-state index is 0. The van der Waals surface area contributed by atoms with E-state index in [1.807, 2.05) is 4.90 Å². The monoisotopic (exact) mass is 341 g/mol. The first-order valence-electron chi connectivity index (χ1n) is 7.85. The maximum absolute atomic E-state index is 12.8. The molecule has 2 aliphatic rings. The fourth-order valence-electron chi connectivity index (χ4n) is 3.35. The van der Waals surface area contributed by atoms with Crippen LogP contribution in [0.1, 0.15) is 31.0 Å². The van der Waals surface area contributed by atoms with Gasteiger partial charge in [-0.3, -0.25) is 14.7 Å². The maximum Gasteiger partial charge on any atom is 0.227 e. The second-order valence-corrected chi connectivity index (χ2v) is 6.34. The molecule has 8 heteroatoms. The highest BCUT2D eigenvalue weighted by Gasteiger charge is 2.32. The molecule has 2 aliphatic heterocycles. The molecule has 0 aromatic carbocycles. The van der Waals surface area contributed by atoms with Gasteiger partial charge in [0.1, 0.15) is 0 Å². The number of nitrogens with one attached hydrogen (secondary N) is 1. The first kappa shape index (κ1) is 17.7. The highest BCUT2D eigenvalue weighted by Crippen LogP contribution is 2.23. The predicted octanol–water partition coefficient (Wildman–Crippen LogP) is 0.302. The van der Waals surface area contributed by atoms with Crippen LogP contribution in [0.25, 0.3) is 0 Å². The molecular weight excluding hydrogens is 318 g/mol. The Hall–Kier alpha value is -1.60. The van der Waals surface area contributed by atoms with E-state index < -0.39 is 0 Å². The molecule has 1 saturated heterocycles. The van der Waals surface area contributed by atoms with Crippen LogP contribution >= 0.6 is 12.4 Å². The summed E-state index contributed by atoms with van der Waals surface area (Å²) in [4.78, 5) is 28.1. The fraction of sp³-hybridized carbons (Fsp3) is 0.667. The number of rotatable bonds is 1. The van der Waals surface area contributed by atoms with Crippen LogP contribution in [-0.2, 0) is 22.6 Å². The molecule has 128 valence electrons. The largest absolute Gasteiger partial charge is 0.341 e. The molecule has 3 heterocycles. The zero-order chi connectivity index (χ0) is 15.7. The molecule has 1 aromatic rings. The lowest BCUT2D eigenvalue weighted by Crippen LogP contribution is -2.44. The van der Waals surface area contributed by atoms with Crippen LogP contribution in [0.4, 0.5) is 0 Å². The van der Waals surface area contributed by atoms with Gasteiger partial charge in [0.2, 0.25) is 11.8 Å². The van der Waals surface area contributed by atoms with Gasteiger partial charge in [-0.25, -0.2) is 0 Å². The van der Waals surface area contributed by atoms with Gasteiger partial charge < -0.3 is 15.5 Å². The van der Waals surface area contributed by atoms with Crippen molar-refractivity contribution in [2.24, 2.45) is 11.7 Å². The van der Waals surface area contributed by atoms with Crippen molar-refractivity contribution in [3.63, 3.8) is 0 Å². The van der Waals surface area contributed by atoms with E-state index >= 15 is 0 Å². The second kappa shape index (κ2) is 7.31. The summed E-state index contributed by atoms with van der Waals surface area (Å²) in [5.41, 5.74) is 8.24. The minimum atomic E-state index is -0.147. The topological polar surface area (TPSA) is 95.3 Å². The van der Waals surface area contributed by atoms with Crippen LogP contribution in [0.2, 0.25) is 0 Å². The van der Waals surface area contributed by atoms with Gasteiger partial charge in [-0.15, -0.1) is 12.4 Å². The number of hydrogen-bond donors (Lipinski definition) is 2. The summed E-state index contributed by atoms with van der Waals surface area (Å²) < 4.78 is 0. The number of likely N-dealkylation sites (tertiary alicyclic amines) is 1. The average molecular weight is 342 g/mol. The molecule has 1 aromatic heterocycles. The molecule has 0 unspecified atom stereocenters. The van der Waals surface area contributed by atoms with E-state index in [0.29, 0.717) is 26.2 Å². The third-order valence-corrected chi connectivity index (χ3v) is 4.69. The van der Waals surface area contributed by atoms with E-state index in [0.717, 1.165) is 30.5 Å². The van der Waals surface area contributed by atoms with Crippen molar-refractivity contribution >= 4 is 24.2 Å². The second-order valence-electron chi connectivity index (χ2n) is 6.34. The SMILES string of the molecule is CC(=O)N1C[C@@H](N)CC[C@@H](C(=O)N2CCc3[nH]ncc3C2)C1.Cl. The van der Waals surface area contributed by atoms with Crippen LogP contribution in [-0.4, -0.2) is 57.5 Å². The van der Waals surface area contributed by atoms with Crippen molar-refractivity contribution in [3.8, 4) is 0 Å². The number of carbonyl (C=O) groups is 2. The lowest BCUT2D eigenvalue weighted by atomic mass is 9.98. The summed E-state index contributed by atoms with van der Waals surface area (Å²) in [5.74, 6) is -0.0241.